The highest BCUT2D eigenvalue weighted by molar-refractivity contribution is 4.93. The van der Waals surface area contributed by atoms with Gasteiger partial charge >= 0.3 is 0 Å². The summed E-state index contributed by atoms with van der Waals surface area (Å²) in [6, 6.07) is 1.54. The molecule has 0 spiro atoms. The van der Waals surface area contributed by atoms with Crippen molar-refractivity contribution in [1.29, 1.82) is 0 Å². The first-order chi connectivity index (χ1) is 6.83. The molecular weight excluding hydrogens is 174 g/mol. The average molecular weight is 197 g/mol. The molecule has 2 heteroatoms. The summed E-state index contributed by atoms with van der Waals surface area (Å²) in [6.07, 6.45) is 7.21. The lowest BCUT2D eigenvalue weighted by atomic mass is 9.88. The fraction of sp³-hybridized carbons (Fsp3) is 1.00. The molecule has 14 heavy (non-hydrogen) atoms. The van der Waals surface area contributed by atoms with Crippen molar-refractivity contribution in [2.24, 2.45) is 5.92 Å². The molecule has 2 fully saturated rings. The number of hydrogen-bond acceptors (Lipinski definition) is 2. The molecule has 0 aliphatic heterocycles. The van der Waals surface area contributed by atoms with Gasteiger partial charge in [-0.25, -0.2) is 0 Å². The lowest BCUT2D eigenvalue weighted by Crippen LogP contribution is -2.49. The van der Waals surface area contributed by atoms with Gasteiger partial charge in [0.25, 0.3) is 0 Å². The van der Waals surface area contributed by atoms with Gasteiger partial charge in [-0.15, -0.1) is 0 Å². The van der Waals surface area contributed by atoms with Crippen molar-refractivity contribution in [2.75, 3.05) is 6.61 Å². The standard InChI is InChI=1S/C12H23NO/c1-3-12(9-5-6-9)13-10-7-11(8-10)14-4-2/h9-13H,3-8H2,1-2H3. The van der Waals surface area contributed by atoms with E-state index >= 15 is 0 Å². The van der Waals surface area contributed by atoms with E-state index in [1.165, 1.54) is 32.1 Å². The average Bonchev–Trinajstić information content (AvgIpc) is 2.92. The molecule has 0 saturated heterocycles. The molecule has 0 radical (unpaired) electrons. The van der Waals surface area contributed by atoms with Crippen molar-refractivity contribution in [3.63, 3.8) is 0 Å². The van der Waals surface area contributed by atoms with Crippen LogP contribution < -0.4 is 5.32 Å². The van der Waals surface area contributed by atoms with Crippen LogP contribution in [0.1, 0.15) is 46.0 Å². The smallest absolute Gasteiger partial charge is 0.0604 e. The molecule has 2 nitrogen and oxygen atoms in total. The van der Waals surface area contributed by atoms with E-state index in [4.69, 9.17) is 4.74 Å². The minimum absolute atomic E-state index is 0.550. The third kappa shape index (κ3) is 2.48. The van der Waals surface area contributed by atoms with Crippen molar-refractivity contribution in [1.82, 2.24) is 5.32 Å². The summed E-state index contributed by atoms with van der Waals surface area (Å²) in [5.41, 5.74) is 0. The van der Waals surface area contributed by atoms with Crippen molar-refractivity contribution in [2.45, 2.75) is 64.1 Å². The van der Waals surface area contributed by atoms with Gasteiger partial charge in [0.05, 0.1) is 6.10 Å². The Balaban J connectivity index is 1.62. The largest absolute Gasteiger partial charge is 0.378 e. The van der Waals surface area contributed by atoms with Gasteiger partial charge in [0.15, 0.2) is 0 Å². The van der Waals surface area contributed by atoms with Gasteiger partial charge < -0.3 is 10.1 Å². The molecule has 1 N–H and O–H groups in total. The van der Waals surface area contributed by atoms with Gasteiger partial charge in [0.2, 0.25) is 0 Å². The minimum Gasteiger partial charge on any atom is -0.378 e. The molecular formula is C12H23NO. The second-order valence-electron chi connectivity index (χ2n) is 4.76. The summed E-state index contributed by atoms with van der Waals surface area (Å²) in [4.78, 5) is 0. The summed E-state index contributed by atoms with van der Waals surface area (Å²) >= 11 is 0. The van der Waals surface area contributed by atoms with Gasteiger partial charge in [-0.1, -0.05) is 6.92 Å². The van der Waals surface area contributed by atoms with Crippen LogP contribution in [-0.2, 0) is 4.74 Å². The third-order valence-electron chi connectivity index (χ3n) is 3.58. The van der Waals surface area contributed by atoms with Gasteiger partial charge in [-0.2, -0.15) is 0 Å². The first-order valence-electron chi connectivity index (χ1n) is 6.21. The molecule has 2 saturated carbocycles. The molecule has 2 aliphatic rings. The van der Waals surface area contributed by atoms with E-state index in [0.29, 0.717) is 6.10 Å². The van der Waals surface area contributed by atoms with E-state index in [0.717, 1.165) is 24.6 Å². The Labute approximate surface area is 87.4 Å². The summed E-state index contributed by atoms with van der Waals surface area (Å²) in [6.45, 7) is 5.26. The molecule has 2 aliphatic carbocycles. The fourth-order valence-corrected chi connectivity index (χ4v) is 2.46. The van der Waals surface area contributed by atoms with Crippen LogP contribution in [-0.4, -0.2) is 24.8 Å². The normalized spacial score (nSPS) is 33.9. The van der Waals surface area contributed by atoms with E-state index < -0.39 is 0 Å². The maximum Gasteiger partial charge on any atom is 0.0604 e. The predicted molar refractivity (Wildman–Crippen MR) is 58.4 cm³/mol. The molecule has 0 heterocycles. The molecule has 1 atom stereocenters. The Kier molecular flexibility index (Phi) is 3.45. The van der Waals surface area contributed by atoms with E-state index in [2.05, 4.69) is 19.2 Å². The van der Waals surface area contributed by atoms with Crippen LogP contribution in [0.2, 0.25) is 0 Å². The van der Waals surface area contributed by atoms with E-state index in [-0.39, 0.29) is 0 Å². The zero-order chi connectivity index (χ0) is 9.97. The second kappa shape index (κ2) is 4.63. The van der Waals surface area contributed by atoms with Crippen LogP contribution >= 0.6 is 0 Å². The Morgan fingerprint density at radius 3 is 2.50 bits per heavy atom. The molecule has 0 bridgehead atoms. The zero-order valence-electron chi connectivity index (χ0n) is 9.46. The van der Waals surface area contributed by atoms with Crippen LogP contribution in [0.25, 0.3) is 0 Å². The van der Waals surface area contributed by atoms with Crippen LogP contribution in [0.3, 0.4) is 0 Å². The quantitative estimate of drug-likeness (QED) is 0.705. The number of hydrogen-bond donors (Lipinski definition) is 1. The molecule has 0 amide bonds. The Morgan fingerprint density at radius 1 is 1.29 bits per heavy atom. The SMILES string of the molecule is CCOC1CC(NC(CC)C2CC2)C1. The summed E-state index contributed by atoms with van der Waals surface area (Å²) in [7, 11) is 0. The fourth-order valence-electron chi connectivity index (χ4n) is 2.46. The van der Waals surface area contributed by atoms with Crippen molar-refractivity contribution >= 4 is 0 Å². The van der Waals surface area contributed by atoms with Gasteiger partial charge in [0, 0.05) is 18.7 Å². The number of rotatable bonds is 6. The third-order valence-corrected chi connectivity index (χ3v) is 3.58. The highest BCUT2D eigenvalue weighted by Gasteiger charge is 2.35. The van der Waals surface area contributed by atoms with Crippen molar-refractivity contribution < 1.29 is 4.74 Å². The molecule has 2 rings (SSSR count). The Hall–Kier alpha value is -0.0800. The Bertz CT molecular complexity index is 173. The highest BCUT2D eigenvalue weighted by Crippen LogP contribution is 2.35. The molecule has 0 aromatic rings. The van der Waals surface area contributed by atoms with Crippen LogP contribution in [0, 0.1) is 5.92 Å². The predicted octanol–water partition coefficient (Wildman–Crippen LogP) is 2.33. The van der Waals surface area contributed by atoms with E-state index in [1.54, 1.807) is 0 Å². The van der Waals surface area contributed by atoms with Gasteiger partial charge in [-0.05, 0) is 44.9 Å². The highest BCUT2D eigenvalue weighted by atomic mass is 16.5. The van der Waals surface area contributed by atoms with Crippen molar-refractivity contribution in [3.8, 4) is 0 Å². The summed E-state index contributed by atoms with van der Waals surface area (Å²) in [5.74, 6) is 0.992. The number of nitrogens with one attached hydrogen (secondary N) is 1. The lowest BCUT2D eigenvalue weighted by molar-refractivity contribution is -0.0131. The maximum atomic E-state index is 5.56. The van der Waals surface area contributed by atoms with Gasteiger partial charge in [-0.3, -0.25) is 0 Å². The molecule has 0 aromatic carbocycles. The van der Waals surface area contributed by atoms with E-state index in [9.17, 15) is 0 Å². The van der Waals surface area contributed by atoms with Crippen LogP contribution in [0.15, 0.2) is 0 Å². The first kappa shape index (κ1) is 10.4. The van der Waals surface area contributed by atoms with Crippen molar-refractivity contribution in [3.05, 3.63) is 0 Å². The number of ether oxygens (including phenoxy) is 1. The van der Waals surface area contributed by atoms with Crippen LogP contribution in [0.5, 0.6) is 0 Å². The van der Waals surface area contributed by atoms with Crippen LogP contribution in [0.4, 0.5) is 0 Å². The lowest BCUT2D eigenvalue weighted by Gasteiger charge is -2.38. The molecule has 0 aromatic heterocycles. The van der Waals surface area contributed by atoms with E-state index in [1.807, 2.05) is 0 Å². The monoisotopic (exact) mass is 197 g/mol. The first-order valence-corrected chi connectivity index (χ1v) is 6.21. The second-order valence-corrected chi connectivity index (χ2v) is 4.76. The molecule has 82 valence electrons. The molecule has 1 unspecified atom stereocenters. The maximum absolute atomic E-state index is 5.56. The van der Waals surface area contributed by atoms with Gasteiger partial charge in [0.1, 0.15) is 0 Å². The zero-order valence-corrected chi connectivity index (χ0v) is 9.46. The minimum atomic E-state index is 0.550. The topological polar surface area (TPSA) is 21.3 Å². The summed E-state index contributed by atoms with van der Waals surface area (Å²) in [5, 5.41) is 3.77. The summed E-state index contributed by atoms with van der Waals surface area (Å²) < 4.78 is 5.56. The Morgan fingerprint density at radius 2 is 2.00 bits per heavy atom.